The second kappa shape index (κ2) is 4.49. The molecule has 1 aromatic heterocycles. The van der Waals surface area contributed by atoms with Crippen molar-refractivity contribution in [1.29, 1.82) is 0 Å². The summed E-state index contributed by atoms with van der Waals surface area (Å²) in [5, 5.41) is 4.17. The third kappa shape index (κ3) is 1.98. The van der Waals surface area contributed by atoms with Crippen molar-refractivity contribution in [2.24, 2.45) is 0 Å². The minimum atomic E-state index is -0.395. The van der Waals surface area contributed by atoms with Crippen molar-refractivity contribution >= 4 is 6.29 Å². The van der Waals surface area contributed by atoms with Gasteiger partial charge in [-0.2, -0.15) is 5.10 Å². The molecule has 0 aliphatic heterocycles. The number of carbonyl (C=O) groups is 1. The summed E-state index contributed by atoms with van der Waals surface area (Å²) < 4.78 is 15.6. The van der Waals surface area contributed by atoms with Gasteiger partial charge in [-0.1, -0.05) is 12.1 Å². The van der Waals surface area contributed by atoms with Crippen molar-refractivity contribution in [3.63, 3.8) is 0 Å². The van der Waals surface area contributed by atoms with Gasteiger partial charge in [-0.25, -0.2) is 4.39 Å². The number of aryl methyl sites for hydroxylation is 1. The van der Waals surface area contributed by atoms with Crippen molar-refractivity contribution < 1.29 is 9.18 Å². The van der Waals surface area contributed by atoms with E-state index in [2.05, 4.69) is 5.10 Å². The van der Waals surface area contributed by atoms with Crippen LogP contribution in [0.3, 0.4) is 0 Å². The normalized spacial score (nSPS) is 10.5. The molecule has 0 amide bonds. The van der Waals surface area contributed by atoms with Crippen molar-refractivity contribution in [3.8, 4) is 11.1 Å². The highest BCUT2D eigenvalue weighted by Gasteiger charge is 2.12. The molecular formula is C13H13FN2O. The minimum absolute atomic E-state index is 0.340. The zero-order valence-electron chi connectivity index (χ0n) is 9.77. The SMILES string of the molecule is CCn1ncc(-c2ccc(C=O)cc2F)c1C. The molecule has 0 N–H and O–H groups in total. The Morgan fingerprint density at radius 1 is 1.41 bits per heavy atom. The summed E-state index contributed by atoms with van der Waals surface area (Å²) in [5.74, 6) is -0.395. The van der Waals surface area contributed by atoms with Crippen LogP contribution in [0.4, 0.5) is 4.39 Å². The molecule has 4 heteroatoms. The van der Waals surface area contributed by atoms with E-state index in [1.165, 1.54) is 6.07 Å². The summed E-state index contributed by atoms with van der Waals surface area (Å²) in [6, 6.07) is 4.46. The predicted molar refractivity (Wildman–Crippen MR) is 63.4 cm³/mol. The standard InChI is InChI=1S/C13H13FN2O/c1-3-16-9(2)12(7-15-16)11-5-4-10(8-17)6-13(11)14/h4-8H,3H2,1-2H3. The van der Waals surface area contributed by atoms with E-state index in [-0.39, 0.29) is 0 Å². The molecule has 2 rings (SSSR count). The molecule has 3 nitrogen and oxygen atoms in total. The second-order valence-electron chi connectivity index (χ2n) is 3.82. The molecule has 1 aromatic carbocycles. The molecule has 0 saturated carbocycles. The highest BCUT2D eigenvalue weighted by molar-refractivity contribution is 5.77. The second-order valence-corrected chi connectivity index (χ2v) is 3.82. The number of aldehydes is 1. The number of rotatable bonds is 3. The molecule has 0 radical (unpaired) electrons. The number of halogens is 1. The molecule has 17 heavy (non-hydrogen) atoms. The molecule has 0 bridgehead atoms. The Balaban J connectivity index is 2.52. The lowest BCUT2D eigenvalue weighted by atomic mass is 10.0. The van der Waals surface area contributed by atoms with Crippen LogP contribution in [-0.4, -0.2) is 16.1 Å². The molecule has 1 heterocycles. The fourth-order valence-corrected chi connectivity index (χ4v) is 1.85. The van der Waals surface area contributed by atoms with E-state index in [1.54, 1.807) is 18.3 Å². The van der Waals surface area contributed by atoms with Gasteiger partial charge in [0.2, 0.25) is 0 Å². The Bertz CT molecular complexity index is 561. The fraction of sp³-hybridized carbons (Fsp3) is 0.231. The summed E-state index contributed by atoms with van der Waals surface area (Å²) in [6.45, 7) is 4.63. The summed E-state index contributed by atoms with van der Waals surface area (Å²) in [4.78, 5) is 10.5. The highest BCUT2D eigenvalue weighted by atomic mass is 19.1. The maximum atomic E-state index is 13.8. The Kier molecular flexibility index (Phi) is 3.04. The summed E-state index contributed by atoms with van der Waals surface area (Å²) in [6.07, 6.45) is 2.28. The van der Waals surface area contributed by atoms with Crippen molar-refractivity contribution in [2.75, 3.05) is 0 Å². The number of aromatic nitrogens is 2. The minimum Gasteiger partial charge on any atom is -0.298 e. The zero-order valence-corrected chi connectivity index (χ0v) is 9.77. The number of nitrogens with zero attached hydrogens (tertiary/aromatic N) is 2. The van der Waals surface area contributed by atoms with E-state index in [1.807, 2.05) is 18.5 Å². The first-order valence-electron chi connectivity index (χ1n) is 5.45. The topological polar surface area (TPSA) is 34.9 Å². The Hall–Kier alpha value is -1.97. The monoisotopic (exact) mass is 232 g/mol. The first-order valence-corrected chi connectivity index (χ1v) is 5.45. The lowest BCUT2D eigenvalue weighted by Crippen LogP contribution is -1.98. The quantitative estimate of drug-likeness (QED) is 0.763. The Morgan fingerprint density at radius 3 is 2.71 bits per heavy atom. The van der Waals surface area contributed by atoms with Crippen molar-refractivity contribution in [1.82, 2.24) is 9.78 Å². The van der Waals surface area contributed by atoms with Crippen molar-refractivity contribution in [3.05, 3.63) is 41.5 Å². The van der Waals surface area contributed by atoms with Gasteiger partial charge in [-0.05, 0) is 19.9 Å². The predicted octanol–water partition coefficient (Wildman–Crippen LogP) is 2.83. The largest absolute Gasteiger partial charge is 0.298 e. The van der Waals surface area contributed by atoms with E-state index in [9.17, 15) is 9.18 Å². The summed E-state index contributed by atoms with van der Waals surface area (Å²) in [5.41, 5.74) is 2.51. The van der Waals surface area contributed by atoms with Crippen LogP contribution >= 0.6 is 0 Å². The van der Waals surface area contributed by atoms with E-state index >= 15 is 0 Å². The summed E-state index contributed by atoms with van der Waals surface area (Å²) >= 11 is 0. The van der Waals surface area contributed by atoms with E-state index in [0.717, 1.165) is 17.8 Å². The van der Waals surface area contributed by atoms with Crippen LogP contribution in [0.25, 0.3) is 11.1 Å². The van der Waals surface area contributed by atoms with Gasteiger partial charge < -0.3 is 0 Å². The number of benzene rings is 1. The average molecular weight is 232 g/mol. The van der Waals surface area contributed by atoms with Gasteiger partial charge in [0.1, 0.15) is 12.1 Å². The molecule has 88 valence electrons. The number of hydrogen-bond donors (Lipinski definition) is 0. The highest BCUT2D eigenvalue weighted by Crippen LogP contribution is 2.26. The average Bonchev–Trinajstić information content (AvgIpc) is 2.70. The molecule has 2 aromatic rings. The van der Waals surface area contributed by atoms with E-state index in [0.29, 0.717) is 17.4 Å². The third-order valence-electron chi connectivity index (χ3n) is 2.82. The molecular weight excluding hydrogens is 219 g/mol. The lowest BCUT2D eigenvalue weighted by molar-refractivity contribution is 0.112. The number of carbonyl (C=O) groups excluding carboxylic acids is 1. The molecule has 0 spiro atoms. The van der Waals surface area contributed by atoms with Gasteiger partial charge in [0.05, 0.1) is 6.20 Å². The van der Waals surface area contributed by atoms with Crippen LogP contribution in [0.2, 0.25) is 0 Å². The van der Waals surface area contributed by atoms with Gasteiger partial charge >= 0.3 is 0 Å². The zero-order chi connectivity index (χ0) is 12.4. The van der Waals surface area contributed by atoms with Crippen LogP contribution in [0.1, 0.15) is 23.0 Å². The van der Waals surface area contributed by atoms with Crippen LogP contribution in [0.15, 0.2) is 24.4 Å². The van der Waals surface area contributed by atoms with Gasteiger partial charge in [0.15, 0.2) is 0 Å². The first-order chi connectivity index (χ1) is 8.17. The Morgan fingerprint density at radius 2 is 2.18 bits per heavy atom. The molecule has 0 aliphatic rings. The maximum Gasteiger partial charge on any atom is 0.150 e. The lowest BCUT2D eigenvalue weighted by Gasteiger charge is -2.04. The maximum absolute atomic E-state index is 13.8. The third-order valence-corrected chi connectivity index (χ3v) is 2.82. The molecule has 0 aliphatic carbocycles. The molecule has 0 atom stereocenters. The van der Waals surface area contributed by atoms with E-state index < -0.39 is 5.82 Å². The smallest absolute Gasteiger partial charge is 0.150 e. The van der Waals surface area contributed by atoms with Crippen LogP contribution in [0.5, 0.6) is 0 Å². The van der Waals surface area contributed by atoms with E-state index in [4.69, 9.17) is 0 Å². The molecule has 0 unspecified atom stereocenters. The van der Waals surface area contributed by atoms with Gasteiger partial charge in [0.25, 0.3) is 0 Å². The fourth-order valence-electron chi connectivity index (χ4n) is 1.85. The van der Waals surface area contributed by atoms with Gasteiger partial charge in [-0.15, -0.1) is 0 Å². The summed E-state index contributed by atoms with van der Waals surface area (Å²) in [7, 11) is 0. The first kappa shape index (κ1) is 11.5. The van der Waals surface area contributed by atoms with Crippen LogP contribution in [0, 0.1) is 12.7 Å². The van der Waals surface area contributed by atoms with Crippen molar-refractivity contribution in [2.45, 2.75) is 20.4 Å². The van der Waals surface area contributed by atoms with Gasteiger partial charge in [0, 0.05) is 28.9 Å². The number of hydrogen-bond acceptors (Lipinski definition) is 2. The molecule has 0 saturated heterocycles. The van der Waals surface area contributed by atoms with Crippen LogP contribution in [-0.2, 0) is 6.54 Å². The van der Waals surface area contributed by atoms with Crippen LogP contribution < -0.4 is 0 Å². The Labute approximate surface area is 98.9 Å². The van der Waals surface area contributed by atoms with Gasteiger partial charge in [-0.3, -0.25) is 9.48 Å². The molecule has 0 fully saturated rings.